The summed E-state index contributed by atoms with van der Waals surface area (Å²) in [5, 5.41) is 11.8. The minimum Gasteiger partial charge on any atom is -0.478 e. The smallest absolute Gasteiger partial charge is 0.328 e. The first kappa shape index (κ1) is 12.8. The first-order valence-corrected chi connectivity index (χ1v) is 5.68. The van der Waals surface area contributed by atoms with Gasteiger partial charge in [-0.1, -0.05) is 15.9 Å². The fraction of sp³-hybridized carbons (Fsp3) is 0.250. The van der Waals surface area contributed by atoms with Crippen molar-refractivity contribution in [1.29, 1.82) is 0 Å². The summed E-state index contributed by atoms with van der Waals surface area (Å²) in [6.45, 7) is 4.33. The fourth-order valence-corrected chi connectivity index (χ4v) is 1.80. The number of benzene rings is 1. The Morgan fingerprint density at radius 3 is 2.81 bits per heavy atom. The number of carboxylic acids is 1. The number of hydrogen-bond donors (Lipinski definition) is 2. The molecule has 0 bridgehead atoms. The Morgan fingerprint density at radius 1 is 1.56 bits per heavy atom. The average Bonchev–Trinajstić information content (AvgIpc) is 2.15. The molecule has 0 aromatic heterocycles. The lowest BCUT2D eigenvalue weighted by Crippen LogP contribution is -2.05. The normalized spacial score (nSPS) is 11.3. The van der Waals surface area contributed by atoms with Crippen LogP contribution in [0.15, 0.2) is 34.3 Å². The predicted molar refractivity (Wildman–Crippen MR) is 68.8 cm³/mol. The Hall–Kier alpha value is -1.29. The van der Waals surface area contributed by atoms with E-state index in [0.29, 0.717) is 6.54 Å². The van der Waals surface area contributed by atoms with Gasteiger partial charge in [0.25, 0.3) is 0 Å². The third kappa shape index (κ3) is 4.06. The summed E-state index contributed by atoms with van der Waals surface area (Å²) >= 11 is 3.39. The van der Waals surface area contributed by atoms with Gasteiger partial charge < -0.3 is 10.4 Å². The Morgan fingerprint density at radius 2 is 2.25 bits per heavy atom. The number of rotatable bonds is 4. The summed E-state index contributed by atoms with van der Waals surface area (Å²) in [5.74, 6) is -0.910. The lowest BCUT2D eigenvalue weighted by atomic mass is 10.2. The molecule has 86 valence electrons. The Bertz CT molecular complexity index is 427. The number of anilines is 1. The zero-order valence-electron chi connectivity index (χ0n) is 9.25. The van der Waals surface area contributed by atoms with Crippen LogP contribution in [0.4, 0.5) is 5.69 Å². The molecule has 0 spiro atoms. The van der Waals surface area contributed by atoms with E-state index in [-0.39, 0.29) is 0 Å². The van der Waals surface area contributed by atoms with Gasteiger partial charge in [0.15, 0.2) is 0 Å². The molecule has 0 heterocycles. The highest BCUT2D eigenvalue weighted by Gasteiger charge is 1.99. The minimum absolute atomic E-state index is 0.536. The largest absolute Gasteiger partial charge is 0.478 e. The molecule has 4 heteroatoms. The van der Waals surface area contributed by atoms with E-state index in [2.05, 4.69) is 21.2 Å². The third-order valence-corrected chi connectivity index (χ3v) is 2.61. The first-order chi connectivity index (χ1) is 7.49. The van der Waals surface area contributed by atoms with Crippen molar-refractivity contribution in [2.75, 3.05) is 11.9 Å². The average molecular weight is 284 g/mol. The van der Waals surface area contributed by atoms with E-state index in [1.165, 1.54) is 6.08 Å². The second-order valence-corrected chi connectivity index (χ2v) is 4.56. The van der Waals surface area contributed by atoms with Gasteiger partial charge in [-0.25, -0.2) is 4.79 Å². The van der Waals surface area contributed by atoms with E-state index in [1.54, 1.807) is 6.92 Å². The maximum Gasteiger partial charge on any atom is 0.328 e. The molecule has 0 aliphatic heterocycles. The number of carboxylic acid groups (broad SMARTS) is 1. The van der Waals surface area contributed by atoms with Crippen LogP contribution in [-0.2, 0) is 4.79 Å². The summed E-state index contributed by atoms with van der Waals surface area (Å²) < 4.78 is 1.04. The van der Waals surface area contributed by atoms with Crippen molar-refractivity contribution < 1.29 is 9.90 Å². The van der Waals surface area contributed by atoms with Crippen molar-refractivity contribution in [3.63, 3.8) is 0 Å². The van der Waals surface area contributed by atoms with E-state index in [4.69, 9.17) is 5.11 Å². The van der Waals surface area contributed by atoms with E-state index in [0.717, 1.165) is 21.3 Å². The molecule has 1 aromatic rings. The highest BCUT2D eigenvalue weighted by atomic mass is 79.9. The molecule has 0 unspecified atom stereocenters. The van der Waals surface area contributed by atoms with Crippen LogP contribution < -0.4 is 5.32 Å². The van der Waals surface area contributed by atoms with Crippen LogP contribution in [0.1, 0.15) is 12.5 Å². The maximum absolute atomic E-state index is 10.4. The number of nitrogens with one attached hydrogen (secondary N) is 1. The summed E-state index contributed by atoms with van der Waals surface area (Å²) in [6, 6.07) is 5.93. The lowest BCUT2D eigenvalue weighted by Gasteiger charge is -2.09. The second-order valence-electron chi connectivity index (χ2n) is 3.64. The molecule has 0 atom stereocenters. The van der Waals surface area contributed by atoms with Crippen LogP contribution in [0.3, 0.4) is 0 Å². The van der Waals surface area contributed by atoms with Gasteiger partial charge in [0, 0.05) is 22.8 Å². The van der Waals surface area contributed by atoms with E-state index < -0.39 is 5.97 Å². The van der Waals surface area contributed by atoms with E-state index >= 15 is 0 Å². The maximum atomic E-state index is 10.4. The van der Waals surface area contributed by atoms with E-state index in [9.17, 15) is 4.79 Å². The highest BCUT2D eigenvalue weighted by Crippen LogP contribution is 2.20. The van der Waals surface area contributed by atoms with Gasteiger partial charge in [0.1, 0.15) is 0 Å². The van der Waals surface area contributed by atoms with Gasteiger partial charge in [0.05, 0.1) is 0 Å². The first-order valence-electron chi connectivity index (χ1n) is 4.89. The lowest BCUT2D eigenvalue weighted by molar-refractivity contribution is -0.131. The zero-order valence-corrected chi connectivity index (χ0v) is 10.8. The molecule has 0 saturated heterocycles. The van der Waals surface area contributed by atoms with Gasteiger partial charge in [-0.3, -0.25) is 0 Å². The number of hydrogen-bond acceptors (Lipinski definition) is 2. The summed E-state index contributed by atoms with van der Waals surface area (Å²) in [7, 11) is 0. The molecule has 0 saturated carbocycles. The van der Waals surface area contributed by atoms with Gasteiger partial charge in [0.2, 0.25) is 0 Å². The van der Waals surface area contributed by atoms with Gasteiger partial charge in [-0.05, 0) is 43.2 Å². The van der Waals surface area contributed by atoms with Gasteiger partial charge >= 0.3 is 5.97 Å². The molecule has 0 radical (unpaired) electrons. The summed E-state index contributed by atoms with van der Waals surface area (Å²) in [5.41, 5.74) is 2.92. The fourth-order valence-electron chi connectivity index (χ4n) is 1.32. The molecule has 3 nitrogen and oxygen atoms in total. The van der Waals surface area contributed by atoms with Crippen molar-refractivity contribution in [3.05, 3.63) is 39.9 Å². The molecule has 16 heavy (non-hydrogen) atoms. The molecule has 0 amide bonds. The Labute approximate surface area is 103 Å². The van der Waals surface area contributed by atoms with Crippen LogP contribution in [-0.4, -0.2) is 17.6 Å². The molecule has 0 aliphatic carbocycles. The van der Waals surface area contributed by atoms with Crippen LogP contribution in [0.5, 0.6) is 0 Å². The van der Waals surface area contributed by atoms with Gasteiger partial charge in [-0.2, -0.15) is 0 Å². The third-order valence-electron chi connectivity index (χ3n) is 2.12. The number of aryl methyl sites for hydroxylation is 1. The van der Waals surface area contributed by atoms with Crippen LogP contribution in [0.2, 0.25) is 0 Å². The topological polar surface area (TPSA) is 49.3 Å². The summed E-state index contributed by atoms with van der Waals surface area (Å²) in [4.78, 5) is 10.4. The number of halogens is 1. The van der Waals surface area contributed by atoms with Gasteiger partial charge in [-0.15, -0.1) is 0 Å². The van der Waals surface area contributed by atoms with Crippen molar-refractivity contribution in [2.24, 2.45) is 0 Å². The summed E-state index contributed by atoms with van der Waals surface area (Å²) in [6.07, 6.45) is 1.21. The molecule has 2 N–H and O–H groups in total. The molecule has 1 aromatic carbocycles. The monoisotopic (exact) mass is 283 g/mol. The van der Waals surface area contributed by atoms with Crippen LogP contribution in [0.25, 0.3) is 0 Å². The van der Waals surface area contributed by atoms with Crippen molar-refractivity contribution in [3.8, 4) is 0 Å². The van der Waals surface area contributed by atoms with Crippen molar-refractivity contribution in [2.45, 2.75) is 13.8 Å². The van der Waals surface area contributed by atoms with Crippen molar-refractivity contribution in [1.82, 2.24) is 0 Å². The molecular weight excluding hydrogens is 270 g/mol. The second kappa shape index (κ2) is 5.70. The zero-order chi connectivity index (χ0) is 12.1. The molecule has 0 fully saturated rings. The number of aliphatic carboxylic acids is 1. The molecular formula is C12H14BrNO2. The number of carbonyl (C=O) groups is 1. The molecule has 0 aliphatic rings. The Kier molecular flexibility index (Phi) is 4.55. The molecule has 1 rings (SSSR count). The standard InChI is InChI=1S/C12H14BrNO2/c1-8(5-12(15)16)7-14-11-4-3-10(13)6-9(11)2/h3-6,14H,7H2,1-2H3,(H,15,16)/b8-5-. The van der Waals surface area contributed by atoms with E-state index in [1.807, 2.05) is 25.1 Å². The predicted octanol–water partition coefficient (Wildman–Crippen LogP) is 3.20. The van der Waals surface area contributed by atoms with Crippen LogP contribution >= 0.6 is 15.9 Å². The van der Waals surface area contributed by atoms with Crippen molar-refractivity contribution >= 4 is 27.6 Å². The highest BCUT2D eigenvalue weighted by molar-refractivity contribution is 9.10. The minimum atomic E-state index is -0.910. The Balaban J connectivity index is 2.65. The SMILES string of the molecule is C/C(=C/C(=O)O)CNc1ccc(Br)cc1C. The van der Waals surface area contributed by atoms with Crippen LogP contribution in [0, 0.1) is 6.92 Å². The quantitative estimate of drug-likeness (QED) is 0.835.